The third-order valence-electron chi connectivity index (χ3n) is 4.64. The Bertz CT molecular complexity index is 638. The van der Waals surface area contributed by atoms with Crippen LogP contribution in [0.3, 0.4) is 0 Å². The number of carboxylic acid groups (broad SMARTS) is 1. The molecule has 1 aliphatic carbocycles. The molecule has 7 nitrogen and oxygen atoms in total. The van der Waals surface area contributed by atoms with Gasteiger partial charge < -0.3 is 15.7 Å². The van der Waals surface area contributed by atoms with Crippen LogP contribution in [0, 0.1) is 11.8 Å². The van der Waals surface area contributed by atoms with Crippen LogP contribution in [0.4, 0.5) is 5.13 Å². The van der Waals surface area contributed by atoms with Crippen molar-refractivity contribution in [1.82, 2.24) is 10.3 Å². The Morgan fingerprint density at radius 3 is 2.58 bits per heavy atom. The van der Waals surface area contributed by atoms with Gasteiger partial charge in [-0.3, -0.25) is 9.59 Å². The molecule has 144 valence electrons. The normalized spacial score (nSPS) is 15.8. The van der Waals surface area contributed by atoms with E-state index < -0.39 is 17.9 Å². The number of nitrogens with zero attached hydrogens (tertiary/aromatic N) is 1. The minimum Gasteiger partial charge on any atom is -0.480 e. The third kappa shape index (κ3) is 6.40. The number of nitrogens with one attached hydrogen (secondary N) is 2. The molecule has 0 radical (unpaired) electrons. The molecule has 8 heteroatoms. The Hall–Kier alpha value is -1.96. The fourth-order valence-electron chi connectivity index (χ4n) is 3.16. The number of hydrogen-bond acceptors (Lipinski definition) is 5. The van der Waals surface area contributed by atoms with Gasteiger partial charge in [0.25, 0.3) is 0 Å². The highest BCUT2D eigenvalue weighted by Gasteiger charge is 2.23. The fourth-order valence-corrected chi connectivity index (χ4v) is 3.89. The molecule has 3 N–H and O–H groups in total. The molecule has 1 heterocycles. The second kappa shape index (κ2) is 9.66. The average molecular weight is 381 g/mol. The van der Waals surface area contributed by atoms with Gasteiger partial charge in [0.2, 0.25) is 11.8 Å². The Kier molecular flexibility index (Phi) is 7.56. The van der Waals surface area contributed by atoms with E-state index >= 15 is 0 Å². The van der Waals surface area contributed by atoms with Crippen LogP contribution in [0.15, 0.2) is 5.38 Å². The van der Waals surface area contributed by atoms with Crippen LogP contribution in [0.25, 0.3) is 0 Å². The van der Waals surface area contributed by atoms with Gasteiger partial charge in [0.15, 0.2) is 5.13 Å². The molecular formula is C18H27N3O4S. The summed E-state index contributed by atoms with van der Waals surface area (Å²) >= 11 is 1.27. The summed E-state index contributed by atoms with van der Waals surface area (Å²) in [7, 11) is 0. The van der Waals surface area contributed by atoms with Gasteiger partial charge >= 0.3 is 5.97 Å². The second-order valence-electron chi connectivity index (χ2n) is 7.19. The van der Waals surface area contributed by atoms with Crippen molar-refractivity contribution >= 4 is 34.3 Å². The Morgan fingerprint density at radius 2 is 1.96 bits per heavy atom. The molecule has 1 fully saturated rings. The van der Waals surface area contributed by atoms with E-state index in [1.807, 2.05) is 0 Å². The van der Waals surface area contributed by atoms with Crippen molar-refractivity contribution in [2.45, 2.75) is 64.8 Å². The van der Waals surface area contributed by atoms with E-state index in [1.165, 1.54) is 37.0 Å². The predicted molar refractivity (Wildman–Crippen MR) is 100 cm³/mol. The van der Waals surface area contributed by atoms with E-state index in [2.05, 4.69) is 15.6 Å². The molecule has 1 saturated carbocycles. The second-order valence-corrected chi connectivity index (χ2v) is 8.04. The van der Waals surface area contributed by atoms with Gasteiger partial charge in [-0.1, -0.05) is 39.5 Å². The van der Waals surface area contributed by atoms with Gasteiger partial charge in [-0.25, -0.2) is 9.78 Å². The van der Waals surface area contributed by atoms with Crippen molar-refractivity contribution in [1.29, 1.82) is 0 Å². The number of hydrogen-bond donors (Lipinski definition) is 3. The summed E-state index contributed by atoms with van der Waals surface area (Å²) in [5.41, 5.74) is 0.520. The quantitative estimate of drug-likeness (QED) is 0.609. The zero-order valence-electron chi connectivity index (χ0n) is 15.3. The molecule has 1 atom stereocenters. The number of carboxylic acids is 1. The summed E-state index contributed by atoms with van der Waals surface area (Å²) in [5, 5.41) is 16.6. The topological polar surface area (TPSA) is 108 Å². The first-order valence-electron chi connectivity index (χ1n) is 9.11. The van der Waals surface area contributed by atoms with E-state index in [0.29, 0.717) is 23.2 Å². The zero-order chi connectivity index (χ0) is 19.1. The van der Waals surface area contributed by atoms with Crippen LogP contribution in [0.2, 0.25) is 0 Å². The fraction of sp³-hybridized carbons (Fsp3) is 0.667. The van der Waals surface area contributed by atoms with Gasteiger partial charge in [-0.05, 0) is 18.3 Å². The highest BCUT2D eigenvalue weighted by Crippen LogP contribution is 2.28. The highest BCUT2D eigenvalue weighted by atomic mass is 32.1. The maximum Gasteiger partial charge on any atom is 0.326 e. The van der Waals surface area contributed by atoms with Crippen molar-refractivity contribution in [2.75, 3.05) is 5.32 Å². The summed E-state index contributed by atoms with van der Waals surface area (Å²) in [4.78, 5) is 39.4. The number of rotatable bonds is 9. The molecular weight excluding hydrogens is 354 g/mol. The van der Waals surface area contributed by atoms with E-state index in [1.54, 1.807) is 19.2 Å². The highest BCUT2D eigenvalue weighted by molar-refractivity contribution is 7.13. The molecule has 0 saturated heterocycles. The predicted octanol–water partition coefficient (Wildman–Crippen LogP) is 2.82. The van der Waals surface area contributed by atoms with Crippen LogP contribution < -0.4 is 10.6 Å². The number of aromatic nitrogens is 1. The van der Waals surface area contributed by atoms with E-state index in [-0.39, 0.29) is 18.2 Å². The first-order chi connectivity index (χ1) is 12.3. The van der Waals surface area contributed by atoms with Crippen molar-refractivity contribution in [3.63, 3.8) is 0 Å². The van der Waals surface area contributed by atoms with Crippen molar-refractivity contribution in [2.24, 2.45) is 11.8 Å². The Labute approximate surface area is 157 Å². The number of thiazole rings is 1. The molecule has 0 spiro atoms. The molecule has 1 aromatic heterocycles. The van der Waals surface area contributed by atoms with Gasteiger partial charge in [-0.15, -0.1) is 11.3 Å². The van der Waals surface area contributed by atoms with Crippen LogP contribution in [-0.2, 0) is 20.8 Å². The lowest BCUT2D eigenvalue weighted by Gasteiger charge is -2.17. The minimum atomic E-state index is -1.05. The number of aliphatic carboxylic acids is 1. The summed E-state index contributed by atoms with van der Waals surface area (Å²) in [6, 6.07) is -0.920. The van der Waals surface area contributed by atoms with Gasteiger partial charge in [0.05, 0.1) is 12.1 Å². The van der Waals surface area contributed by atoms with Crippen LogP contribution in [-0.4, -0.2) is 33.9 Å². The Balaban J connectivity index is 1.78. The smallest absolute Gasteiger partial charge is 0.326 e. The molecule has 1 aromatic rings. The molecule has 0 bridgehead atoms. The molecule has 26 heavy (non-hydrogen) atoms. The van der Waals surface area contributed by atoms with Crippen molar-refractivity contribution in [3.8, 4) is 0 Å². The van der Waals surface area contributed by atoms with E-state index in [0.717, 1.165) is 6.42 Å². The number of carbonyl (C=O) groups excluding carboxylic acids is 2. The van der Waals surface area contributed by atoms with Gasteiger partial charge in [-0.2, -0.15) is 0 Å². The summed E-state index contributed by atoms with van der Waals surface area (Å²) in [6.45, 7) is 3.47. The first-order valence-corrected chi connectivity index (χ1v) is 9.99. The molecule has 1 unspecified atom stereocenters. The lowest BCUT2D eigenvalue weighted by molar-refractivity contribution is -0.143. The van der Waals surface area contributed by atoms with E-state index in [9.17, 15) is 14.4 Å². The van der Waals surface area contributed by atoms with Crippen LogP contribution >= 0.6 is 11.3 Å². The molecule has 0 aromatic carbocycles. The van der Waals surface area contributed by atoms with Gasteiger partial charge in [0, 0.05) is 11.8 Å². The lowest BCUT2D eigenvalue weighted by Crippen LogP contribution is -2.44. The monoisotopic (exact) mass is 381 g/mol. The SMILES string of the molecule is CC(C)C(NC(=O)Cc1csc(NC(=O)CCC2CCCC2)n1)C(=O)O. The zero-order valence-corrected chi connectivity index (χ0v) is 16.1. The van der Waals surface area contributed by atoms with Crippen LogP contribution in [0.5, 0.6) is 0 Å². The molecule has 2 rings (SSSR count). The van der Waals surface area contributed by atoms with Crippen molar-refractivity contribution in [3.05, 3.63) is 11.1 Å². The van der Waals surface area contributed by atoms with Crippen molar-refractivity contribution < 1.29 is 19.5 Å². The first kappa shape index (κ1) is 20.4. The van der Waals surface area contributed by atoms with E-state index in [4.69, 9.17) is 5.11 Å². The molecule has 1 aliphatic rings. The molecule has 0 aliphatic heterocycles. The maximum atomic E-state index is 12.0. The largest absolute Gasteiger partial charge is 0.480 e. The molecule has 2 amide bonds. The summed E-state index contributed by atoms with van der Waals surface area (Å²) < 4.78 is 0. The average Bonchev–Trinajstić information content (AvgIpc) is 3.22. The van der Waals surface area contributed by atoms with Gasteiger partial charge in [0.1, 0.15) is 6.04 Å². The third-order valence-corrected chi connectivity index (χ3v) is 5.45. The summed E-state index contributed by atoms with van der Waals surface area (Å²) in [6.07, 6.45) is 6.38. The van der Waals surface area contributed by atoms with Crippen LogP contribution in [0.1, 0.15) is 58.1 Å². The number of carbonyl (C=O) groups is 3. The lowest BCUT2D eigenvalue weighted by atomic mass is 10.0. The summed E-state index contributed by atoms with van der Waals surface area (Å²) in [5.74, 6) is -1.04. The standard InChI is InChI=1S/C18H27N3O4S/c1-11(2)16(17(24)25)20-15(23)9-13-10-26-18(19-13)21-14(22)8-7-12-5-3-4-6-12/h10-12,16H,3-9H2,1-2H3,(H,20,23)(H,24,25)(H,19,21,22). The maximum absolute atomic E-state index is 12.0. The number of amides is 2. The number of anilines is 1. The Morgan fingerprint density at radius 1 is 1.27 bits per heavy atom. The minimum absolute atomic E-state index is 0.00898.